The van der Waals surface area contributed by atoms with Crippen LogP contribution in [0.2, 0.25) is 0 Å². The van der Waals surface area contributed by atoms with Crippen LogP contribution in [0.5, 0.6) is 6.01 Å². The van der Waals surface area contributed by atoms with Gasteiger partial charge in [0.05, 0.1) is 24.2 Å². The second kappa shape index (κ2) is 11.6. The van der Waals surface area contributed by atoms with Gasteiger partial charge >= 0.3 is 6.01 Å². The van der Waals surface area contributed by atoms with Crippen LogP contribution in [0.3, 0.4) is 0 Å². The number of nitrogens with zero attached hydrogens (tertiary/aromatic N) is 6. The quantitative estimate of drug-likeness (QED) is 0.478. The number of hydrogen-bond donors (Lipinski definition) is 0. The Bertz CT molecular complexity index is 1430. The predicted octanol–water partition coefficient (Wildman–Crippen LogP) is 4.17. The molecule has 2 saturated heterocycles. The minimum Gasteiger partial charge on any atom is -0.462 e. The van der Waals surface area contributed by atoms with Crippen LogP contribution in [-0.4, -0.2) is 77.6 Å². The van der Waals surface area contributed by atoms with Crippen molar-refractivity contribution in [1.29, 1.82) is 5.26 Å². The highest BCUT2D eigenvalue weighted by Crippen LogP contribution is 2.47. The first-order valence-electron chi connectivity index (χ1n) is 15.0. The number of likely N-dealkylation sites (tertiary alicyclic amines) is 1. The molecule has 222 valence electrons. The summed E-state index contributed by atoms with van der Waals surface area (Å²) in [7, 11) is 2.11. The lowest BCUT2D eigenvalue weighted by Gasteiger charge is -2.44. The van der Waals surface area contributed by atoms with Crippen molar-refractivity contribution in [2.24, 2.45) is 5.41 Å². The summed E-state index contributed by atoms with van der Waals surface area (Å²) >= 11 is 0. The van der Waals surface area contributed by atoms with Gasteiger partial charge in [-0.2, -0.15) is 15.2 Å². The van der Waals surface area contributed by atoms with Crippen LogP contribution >= 0.6 is 0 Å². The number of amides is 1. The van der Waals surface area contributed by atoms with Gasteiger partial charge in [0.25, 0.3) is 5.91 Å². The summed E-state index contributed by atoms with van der Waals surface area (Å²) in [4.78, 5) is 28.2. The molecule has 1 amide bonds. The molecule has 42 heavy (non-hydrogen) atoms. The Hall–Kier alpha value is -3.58. The van der Waals surface area contributed by atoms with Gasteiger partial charge in [-0.25, -0.2) is 8.78 Å². The van der Waals surface area contributed by atoms with E-state index in [-0.39, 0.29) is 24.2 Å². The van der Waals surface area contributed by atoms with Gasteiger partial charge in [0.2, 0.25) is 0 Å². The van der Waals surface area contributed by atoms with Crippen LogP contribution in [0.25, 0.3) is 0 Å². The standard InChI is InChI=1S/C32H38F2N6O2/c1-21(33)30(41)40-16-15-39(19-23(40)10-13-35)29-26-9-12-32(11-8-25-22(17-32)5-3-7-27(25)34)18-28(26)36-31(37-29)42-20-24-6-4-14-38(24)2/h3,5,7,23-24H,1,4,6,8-12,14-20H2,2H3/t23-,24-,32-/m0/s1. The van der Waals surface area contributed by atoms with Gasteiger partial charge in [-0.3, -0.25) is 4.79 Å². The molecule has 0 unspecified atom stereocenters. The first kappa shape index (κ1) is 28.5. The fourth-order valence-electron chi connectivity index (χ4n) is 7.46. The van der Waals surface area contributed by atoms with Crippen LogP contribution in [0.4, 0.5) is 14.6 Å². The summed E-state index contributed by atoms with van der Waals surface area (Å²) < 4.78 is 34.5. The summed E-state index contributed by atoms with van der Waals surface area (Å²) in [6, 6.07) is 7.73. The molecule has 2 fully saturated rings. The molecule has 6 rings (SSSR count). The largest absolute Gasteiger partial charge is 0.462 e. The number of rotatable bonds is 6. The molecule has 2 aliphatic heterocycles. The Labute approximate surface area is 246 Å². The Balaban J connectivity index is 1.31. The van der Waals surface area contributed by atoms with Crippen molar-refractivity contribution in [2.45, 2.75) is 69.9 Å². The molecule has 3 atom stereocenters. The summed E-state index contributed by atoms with van der Waals surface area (Å²) in [6.07, 6.45) is 7.22. The van der Waals surface area contributed by atoms with Gasteiger partial charge in [-0.15, -0.1) is 0 Å². The average Bonchev–Trinajstić information content (AvgIpc) is 3.39. The van der Waals surface area contributed by atoms with Crippen molar-refractivity contribution in [2.75, 3.05) is 44.7 Å². The second-order valence-electron chi connectivity index (χ2n) is 12.4. The molecule has 1 aromatic heterocycles. The molecular formula is C32H38F2N6O2. The fourth-order valence-corrected chi connectivity index (χ4v) is 7.46. The normalized spacial score (nSPS) is 25.6. The van der Waals surface area contributed by atoms with E-state index in [2.05, 4.69) is 35.6 Å². The number of aromatic nitrogens is 2. The Morgan fingerprint density at radius 1 is 1.17 bits per heavy atom. The molecule has 0 saturated carbocycles. The van der Waals surface area contributed by atoms with Crippen molar-refractivity contribution < 1.29 is 18.3 Å². The van der Waals surface area contributed by atoms with Crippen molar-refractivity contribution in [3.63, 3.8) is 0 Å². The number of nitriles is 1. The molecule has 0 bridgehead atoms. The summed E-state index contributed by atoms with van der Waals surface area (Å²) in [6.45, 7) is 5.80. The number of fused-ring (bicyclic) bond motifs is 2. The van der Waals surface area contributed by atoms with E-state index in [4.69, 9.17) is 14.7 Å². The van der Waals surface area contributed by atoms with E-state index in [0.29, 0.717) is 31.7 Å². The van der Waals surface area contributed by atoms with Gasteiger partial charge in [-0.1, -0.05) is 18.7 Å². The third-order valence-electron chi connectivity index (χ3n) is 9.86. The maximum Gasteiger partial charge on any atom is 0.318 e. The lowest BCUT2D eigenvalue weighted by molar-refractivity contribution is -0.131. The van der Waals surface area contributed by atoms with E-state index in [9.17, 15) is 18.8 Å². The zero-order chi connectivity index (χ0) is 29.4. The Morgan fingerprint density at radius 3 is 2.71 bits per heavy atom. The van der Waals surface area contributed by atoms with E-state index in [1.807, 2.05) is 0 Å². The van der Waals surface area contributed by atoms with Crippen molar-refractivity contribution in [3.05, 3.63) is 58.8 Å². The third kappa shape index (κ3) is 5.47. The van der Waals surface area contributed by atoms with Gasteiger partial charge < -0.3 is 19.4 Å². The molecule has 0 radical (unpaired) electrons. The molecule has 1 spiro atoms. The second-order valence-corrected chi connectivity index (χ2v) is 12.4. The summed E-state index contributed by atoms with van der Waals surface area (Å²) in [5.74, 6) is -1.12. The highest BCUT2D eigenvalue weighted by molar-refractivity contribution is 5.91. The third-order valence-corrected chi connectivity index (χ3v) is 9.86. The smallest absolute Gasteiger partial charge is 0.318 e. The number of likely N-dealkylation sites (N-methyl/N-ethyl adjacent to an activating group) is 1. The number of carbonyl (C=O) groups is 1. The molecule has 2 aromatic rings. The number of benzene rings is 1. The number of anilines is 1. The fraction of sp³-hybridized carbons (Fsp3) is 0.562. The summed E-state index contributed by atoms with van der Waals surface area (Å²) in [5.41, 5.74) is 3.97. The number of piperazine rings is 1. The van der Waals surface area contributed by atoms with Crippen LogP contribution in [-0.2, 0) is 30.5 Å². The van der Waals surface area contributed by atoms with E-state index in [1.165, 1.54) is 4.90 Å². The highest BCUT2D eigenvalue weighted by Gasteiger charge is 2.41. The molecule has 1 aromatic carbocycles. The minimum absolute atomic E-state index is 0.00168. The van der Waals surface area contributed by atoms with Gasteiger partial charge in [0, 0.05) is 31.2 Å². The molecule has 8 nitrogen and oxygen atoms in total. The SMILES string of the molecule is C=C(F)C(=O)N1CCN(c2nc(OC[C@@H]3CCCN3C)nc3c2CC[C@]2(CCc4c(F)cccc4C2)C3)C[C@@H]1CC#N. The molecule has 2 aliphatic carbocycles. The molecular weight excluding hydrogens is 538 g/mol. The Kier molecular flexibility index (Phi) is 7.88. The van der Waals surface area contributed by atoms with E-state index in [0.717, 1.165) is 86.1 Å². The van der Waals surface area contributed by atoms with Crippen LogP contribution in [0.1, 0.15) is 54.5 Å². The number of hydrogen-bond acceptors (Lipinski definition) is 7. The van der Waals surface area contributed by atoms with Gasteiger partial charge in [0.15, 0.2) is 5.83 Å². The lowest BCUT2D eigenvalue weighted by atomic mass is 9.63. The number of ether oxygens (including phenoxy) is 1. The van der Waals surface area contributed by atoms with Crippen LogP contribution < -0.4 is 9.64 Å². The predicted molar refractivity (Wildman–Crippen MR) is 154 cm³/mol. The molecule has 4 aliphatic rings. The topological polar surface area (TPSA) is 85.6 Å². The highest BCUT2D eigenvalue weighted by atomic mass is 19.1. The zero-order valence-electron chi connectivity index (χ0n) is 24.2. The number of halogens is 2. The molecule has 3 heterocycles. The van der Waals surface area contributed by atoms with E-state index < -0.39 is 17.8 Å². The van der Waals surface area contributed by atoms with Crippen molar-refractivity contribution in [3.8, 4) is 12.1 Å². The zero-order valence-corrected chi connectivity index (χ0v) is 24.2. The first-order chi connectivity index (χ1) is 20.3. The molecule has 0 N–H and O–H groups in total. The monoisotopic (exact) mass is 576 g/mol. The average molecular weight is 577 g/mol. The first-order valence-corrected chi connectivity index (χ1v) is 15.0. The van der Waals surface area contributed by atoms with E-state index >= 15 is 0 Å². The minimum atomic E-state index is -1.02. The number of carbonyl (C=O) groups excluding carboxylic acids is 1. The van der Waals surface area contributed by atoms with Crippen molar-refractivity contribution >= 4 is 11.7 Å². The van der Waals surface area contributed by atoms with Crippen LogP contribution in [0, 0.1) is 22.6 Å². The van der Waals surface area contributed by atoms with Crippen molar-refractivity contribution in [1.82, 2.24) is 19.8 Å². The Morgan fingerprint density at radius 2 is 1.98 bits per heavy atom. The van der Waals surface area contributed by atoms with Crippen LogP contribution in [0.15, 0.2) is 30.6 Å². The molecule has 10 heteroatoms. The maximum atomic E-state index is 14.5. The van der Waals surface area contributed by atoms with Gasteiger partial charge in [-0.05, 0) is 87.6 Å². The maximum absolute atomic E-state index is 14.5. The van der Waals surface area contributed by atoms with Gasteiger partial charge in [0.1, 0.15) is 18.2 Å². The summed E-state index contributed by atoms with van der Waals surface area (Å²) in [5, 5.41) is 9.48. The van der Waals surface area contributed by atoms with E-state index in [1.54, 1.807) is 12.1 Å². The lowest BCUT2D eigenvalue weighted by Crippen LogP contribution is -2.55.